The van der Waals surface area contributed by atoms with Crippen molar-refractivity contribution in [3.8, 4) is 5.75 Å². The van der Waals surface area contributed by atoms with Crippen molar-refractivity contribution in [2.45, 2.75) is 43.7 Å². The molecule has 2 amide bonds. The van der Waals surface area contributed by atoms with Crippen molar-refractivity contribution >= 4 is 11.8 Å². The van der Waals surface area contributed by atoms with Gasteiger partial charge in [0.2, 0.25) is 5.91 Å². The third kappa shape index (κ3) is 3.72. The number of rotatable bonds is 3. The molecule has 0 bridgehead atoms. The molecule has 1 aliphatic heterocycles. The summed E-state index contributed by atoms with van der Waals surface area (Å²) in [5.41, 5.74) is 1.12. The van der Waals surface area contributed by atoms with Crippen LogP contribution in [0.3, 0.4) is 0 Å². The maximum atomic E-state index is 12.7. The molecule has 2 aliphatic rings. The van der Waals surface area contributed by atoms with Crippen LogP contribution in [0.2, 0.25) is 0 Å². The number of carbonyl (C=O) groups is 2. The minimum atomic E-state index is -0.397. The summed E-state index contributed by atoms with van der Waals surface area (Å²) in [6.45, 7) is 0.501. The summed E-state index contributed by atoms with van der Waals surface area (Å²) in [6.07, 6.45) is 7.13. The van der Waals surface area contributed by atoms with Crippen LogP contribution in [0.25, 0.3) is 0 Å². The van der Waals surface area contributed by atoms with Crippen LogP contribution in [0.4, 0.5) is 0 Å². The molecule has 1 aliphatic carbocycles. The zero-order valence-electron chi connectivity index (χ0n) is 16.1. The van der Waals surface area contributed by atoms with Crippen molar-refractivity contribution in [3.63, 3.8) is 0 Å². The van der Waals surface area contributed by atoms with Crippen LogP contribution < -0.4 is 10.1 Å². The van der Waals surface area contributed by atoms with Crippen LogP contribution >= 0.6 is 0 Å². The van der Waals surface area contributed by atoms with Crippen molar-refractivity contribution in [2.75, 3.05) is 13.6 Å². The van der Waals surface area contributed by atoms with Gasteiger partial charge in [-0.25, -0.2) is 0 Å². The Morgan fingerprint density at radius 3 is 2.79 bits per heavy atom. The van der Waals surface area contributed by atoms with E-state index in [1.165, 1.54) is 0 Å². The summed E-state index contributed by atoms with van der Waals surface area (Å²) in [6, 6.07) is 11.3. The zero-order valence-corrected chi connectivity index (χ0v) is 16.1. The van der Waals surface area contributed by atoms with E-state index in [1.807, 2.05) is 42.3 Å². The maximum absolute atomic E-state index is 12.7. The molecular formula is C22H25N3O3. The van der Waals surface area contributed by atoms with Crippen molar-refractivity contribution in [1.29, 1.82) is 0 Å². The third-order valence-corrected chi connectivity index (χ3v) is 5.91. The van der Waals surface area contributed by atoms with Crippen LogP contribution in [0, 0.1) is 0 Å². The van der Waals surface area contributed by atoms with Crippen LogP contribution in [0.5, 0.6) is 5.75 Å². The lowest BCUT2D eigenvalue weighted by Crippen LogP contribution is -2.51. The number of nitrogens with zero attached hydrogens (tertiary/aromatic N) is 2. The van der Waals surface area contributed by atoms with E-state index in [0.717, 1.165) is 31.2 Å². The molecule has 1 N–H and O–H groups in total. The number of aromatic nitrogens is 1. The quantitative estimate of drug-likeness (QED) is 0.890. The Balaban J connectivity index is 1.40. The molecule has 1 aromatic heterocycles. The summed E-state index contributed by atoms with van der Waals surface area (Å²) in [4.78, 5) is 30.9. The smallest absolute Gasteiger partial charge is 0.255 e. The standard InChI is InChI=1S/C22H25N3O3/c1-25(20(26)13-16-5-4-12-23-14-16)17-8-10-22(11-9-17)15-24-21(27)18-6-2-3-7-19(18)28-22/h2-7,12,14,17H,8-11,13,15H2,1H3,(H,24,27). The van der Waals surface area contributed by atoms with Gasteiger partial charge in [0, 0.05) is 25.5 Å². The second-order valence-corrected chi connectivity index (χ2v) is 7.74. The first kappa shape index (κ1) is 18.5. The number of fused-ring (bicyclic) bond motifs is 1. The molecule has 0 unspecified atom stereocenters. The fourth-order valence-electron chi connectivity index (χ4n) is 4.15. The molecule has 1 saturated carbocycles. The first-order chi connectivity index (χ1) is 13.6. The average Bonchev–Trinajstić information content (AvgIpc) is 2.86. The molecule has 4 rings (SSSR count). The van der Waals surface area contributed by atoms with E-state index >= 15 is 0 Å². The molecule has 2 aromatic rings. The van der Waals surface area contributed by atoms with E-state index in [9.17, 15) is 9.59 Å². The van der Waals surface area contributed by atoms with Gasteiger partial charge in [0.25, 0.3) is 5.91 Å². The van der Waals surface area contributed by atoms with E-state index in [2.05, 4.69) is 10.3 Å². The molecule has 6 nitrogen and oxygen atoms in total. The Hall–Kier alpha value is -2.89. The van der Waals surface area contributed by atoms with Gasteiger partial charge in [-0.2, -0.15) is 0 Å². The molecule has 0 atom stereocenters. The number of carbonyl (C=O) groups excluding carboxylic acids is 2. The van der Waals surface area contributed by atoms with Crippen LogP contribution in [0.1, 0.15) is 41.6 Å². The lowest BCUT2D eigenvalue weighted by molar-refractivity contribution is -0.132. The summed E-state index contributed by atoms with van der Waals surface area (Å²) in [5, 5.41) is 3.01. The van der Waals surface area contributed by atoms with Gasteiger partial charge in [-0.15, -0.1) is 0 Å². The first-order valence-electron chi connectivity index (χ1n) is 9.77. The lowest BCUT2D eigenvalue weighted by atomic mass is 9.81. The largest absolute Gasteiger partial charge is 0.485 e. The Morgan fingerprint density at radius 1 is 1.25 bits per heavy atom. The SMILES string of the molecule is CN(C(=O)Cc1cccnc1)C1CCC2(CC1)CNC(=O)c1ccccc1O2. The minimum absolute atomic E-state index is 0.0848. The fourth-order valence-corrected chi connectivity index (χ4v) is 4.15. The number of para-hydroxylation sites is 1. The van der Waals surface area contributed by atoms with Crippen molar-refractivity contribution in [2.24, 2.45) is 0 Å². The van der Waals surface area contributed by atoms with Crippen LogP contribution in [-0.4, -0.2) is 46.9 Å². The summed E-state index contributed by atoms with van der Waals surface area (Å²) in [7, 11) is 1.88. The highest BCUT2D eigenvalue weighted by atomic mass is 16.5. The third-order valence-electron chi connectivity index (χ3n) is 5.91. The van der Waals surface area contributed by atoms with Crippen molar-refractivity contribution in [3.05, 3.63) is 59.9 Å². The van der Waals surface area contributed by atoms with Gasteiger partial charge in [-0.3, -0.25) is 14.6 Å². The van der Waals surface area contributed by atoms with E-state index in [1.54, 1.807) is 18.5 Å². The Morgan fingerprint density at radius 2 is 2.04 bits per heavy atom. The van der Waals surface area contributed by atoms with Gasteiger partial charge in [-0.1, -0.05) is 18.2 Å². The van der Waals surface area contributed by atoms with E-state index in [4.69, 9.17) is 4.74 Å². The highest BCUT2D eigenvalue weighted by Gasteiger charge is 2.41. The molecule has 0 radical (unpaired) electrons. The van der Waals surface area contributed by atoms with E-state index in [0.29, 0.717) is 24.3 Å². The number of hydrogen-bond acceptors (Lipinski definition) is 4. The normalized spacial score (nSPS) is 23.9. The number of benzene rings is 1. The highest BCUT2D eigenvalue weighted by Crippen LogP contribution is 2.37. The Labute approximate surface area is 164 Å². The number of likely N-dealkylation sites (N-methyl/N-ethyl adjacent to an activating group) is 1. The van der Waals surface area contributed by atoms with Crippen LogP contribution in [-0.2, 0) is 11.2 Å². The molecule has 0 saturated heterocycles. The predicted octanol–water partition coefficient (Wildman–Crippen LogP) is 2.59. The second kappa shape index (κ2) is 7.62. The second-order valence-electron chi connectivity index (χ2n) is 7.74. The molecule has 6 heteroatoms. The molecule has 1 spiro atoms. The molecule has 2 heterocycles. The predicted molar refractivity (Wildman–Crippen MR) is 105 cm³/mol. The Kier molecular flexibility index (Phi) is 5.03. The number of hydrogen-bond donors (Lipinski definition) is 1. The Bertz CT molecular complexity index is 860. The molecule has 146 valence electrons. The zero-order chi connectivity index (χ0) is 19.6. The van der Waals surface area contributed by atoms with Gasteiger partial charge >= 0.3 is 0 Å². The number of ether oxygens (including phenoxy) is 1. The summed E-state index contributed by atoms with van der Waals surface area (Å²) in [5.74, 6) is 0.671. The number of pyridine rings is 1. The molecular weight excluding hydrogens is 354 g/mol. The van der Waals surface area contributed by atoms with Gasteiger partial charge in [0.05, 0.1) is 18.5 Å². The molecule has 1 aromatic carbocycles. The number of nitrogens with one attached hydrogen (secondary N) is 1. The maximum Gasteiger partial charge on any atom is 0.255 e. The van der Waals surface area contributed by atoms with Gasteiger partial charge in [-0.05, 0) is 49.4 Å². The minimum Gasteiger partial charge on any atom is -0.485 e. The lowest BCUT2D eigenvalue weighted by Gasteiger charge is -2.42. The first-order valence-corrected chi connectivity index (χ1v) is 9.77. The monoisotopic (exact) mass is 379 g/mol. The van der Waals surface area contributed by atoms with Crippen molar-refractivity contribution < 1.29 is 14.3 Å². The molecule has 1 fully saturated rings. The summed E-state index contributed by atoms with van der Waals surface area (Å²) < 4.78 is 6.34. The fraction of sp³-hybridized carbons (Fsp3) is 0.409. The van der Waals surface area contributed by atoms with Gasteiger partial charge < -0.3 is 15.0 Å². The van der Waals surface area contributed by atoms with Crippen LogP contribution in [0.15, 0.2) is 48.8 Å². The van der Waals surface area contributed by atoms with Crippen molar-refractivity contribution in [1.82, 2.24) is 15.2 Å². The van der Waals surface area contributed by atoms with E-state index in [-0.39, 0.29) is 17.9 Å². The van der Waals surface area contributed by atoms with Gasteiger partial charge in [0.15, 0.2) is 0 Å². The topological polar surface area (TPSA) is 71.5 Å². The highest BCUT2D eigenvalue weighted by molar-refractivity contribution is 5.97. The number of amides is 2. The summed E-state index contributed by atoms with van der Waals surface area (Å²) >= 11 is 0. The van der Waals surface area contributed by atoms with Gasteiger partial charge in [0.1, 0.15) is 11.4 Å². The van der Waals surface area contributed by atoms with E-state index < -0.39 is 5.60 Å². The molecule has 28 heavy (non-hydrogen) atoms. The average molecular weight is 379 g/mol.